The largest absolute Gasteiger partial charge is 0.491 e. The highest BCUT2D eigenvalue weighted by atomic mass is 32.1. The molecule has 3 rings (SSSR count). The monoisotopic (exact) mass is 381 g/mol. The second kappa shape index (κ2) is 8.31. The number of aryl methyl sites for hydroxylation is 1. The summed E-state index contributed by atoms with van der Waals surface area (Å²) >= 11 is 1.36. The highest BCUT2D eigenvalue weighted by Crippen LogP contribution is 2.27. The van der Waals surface area contributed by atoms with Crippen LogP contribution in [0.15, 0.2) is 48.7 Å². The number of ether oxygens (including phenoxy) is 1. The van der Waals surface area contributed by atoms with E-state index < -0.39 is 0 Å². The lowest BCUT2D eigenvalue weighted by atomic mass is 10.1. The molecule has 0 aliphatic rings. The SMILES string of the molecule is Cc1nc(-c2ccccn2)sc1C(=O)N[C@H](C)c1cccc(OC(C)C)c1. The van der Waals surface area contributed by atoms with E-state index in [9.17, 15) is 4.79 Å². The number of thiazole rings is 1. The lowest BCUT2D eigenvalue weighted by Crippen LogP contribution is -2.26. The summed E-state index contributed by atoms with van der Waals surface area (Å²) in [5.41, 5.74) is 2.48. The molecule has 3 aromatic rings. The van der Waals surface area contributed by atoms with Gasteiger partial charge >= 0.3 is 0 Å². The third-order valence-corrected chi connectivity index (χ3v) is 5.14. The smallest absolute Gasteiger partial charge is 0.263 e. The van der Waals surface area contributed by atoms with Crippen molar-refractivity contribution >= 4 is 17.2 Å². The Morgan fingerprint density at radius 2 is 1.96 bits per heavy atom. The first-order chi connectivity index (χ1) is 12.9. The minimum atomic E-state index is -0.145. The van der Waals surface area contributed by atoms with Crippen molar-refractivity contribution in [1.29, 1.82) is 0 Å². The predicted molar refractivity (Wildman–Crippen MR) is 108 cm³/mol. The highest BCUT2D eigenvalue weighted by Gasteiger charge is 2.19. The summed E-state index contributed by atoms with van der Waals surface area (Å²) in [4.78, 5) is 22.2. The third kappa shape index (κ3) is 4.71. The van der Waals surface area contributed by atoms with E-state index >= 15 is 0 Å². The second-order valence-electron chi connectivity index (χ2n) is 6.58. The van der Waals surface area contributed by atoms with Gasteiger partial charge in [0.1, 0.15) is 15.6 Å². The lowest BCUT2D eigenvalue weighted by Gasteiger charge is -2.16. The van der Waals surface area contributed by atoms with Gasteiger partial charge in [-0.15, -0.1) is 11.3 Å². The normalized spacial score (nSPS) is 12.0. The quantitative estimate of drug-likeness (QED) is 0.667. The van der Waals surface area contributed by atoms with Crippen molar-refractivity contribution in [2.24, 2.45) is 0 Å². The molecular weight excluding hydrogens is 358 g/mol. The third-order valence-electron chi connectivity index (χ3n) is 3.96. The number of nitrogens with zero attached hydrogens (tertiary/aromatic N) is 2. The van der Waals surface area contributed by atoms with Crippen LogP contribution in [0.5, 0.6) is 5.75 Å². The van der Waals surface area contributed by atoms with Gasteiger partial charge in [-0.2, -0.15) is 0 Å². The molecule has 2 aromatic heterocycles. The van der Waals surface area contributed by atoms with Gasteiger partial charge < -0.3 is 10.1 Å². The summed E-state index contributed by atoms with van der Waals surface area (Å²) in [5.74, 6) is 0.671. The molecule has 27 heavy (non-hydrogen) atoms. The second-order valence-corrected chi connectivity index (χ2v) is 7.58. The van der Waals surface area contributed by atoms with E-state index in [2.05, 4.69) is 15.3 Å². The molecule has 140 valence electrons. The molecule has 0 aliphatic heterocycles. The van der Waals surface area contributed by atoms with E-state index in [0.29, 0.717) is 10.6 Å². The molecule has 1 N–H and O–H groups in total. The standard InChI is InChI=1S/C21H23N3O2S/c1-13(2)26-17-9-7-8-16(12-17)14(3)23-20(25)19-15(4)24-21(27-19)18-10-5-6-11-22-18/h5-14H,1-4H3,(H,23,25)/t14-/m1/s1. The first kappa shape index (κ1) is 19.0. The zero-order chi connectivity index (χ0) is 19.4. The number of benzene rings is 1. The van der Waals surface area contributed by atoms with Gasteiger partial charge in [-0.05, 0) is 57.5 Å². The molecule has 0 fully saturated rings. The Bertz CT molecular complexity index is 922. The van der Waals surface area contributed by atoms with Crippen LogP contribution in [0.25, 0.3) is 10.7 Å². The fraction of sp³-hybridized carbons (Fsp3) is 0.286. The molecule has 0 saturated heterocycles. The summed E-state index contributed by atoms with van der Waals surface area (Å²) in [6.45, 7) is 7.79. The molecule has 0 aliphatic carbocycles. The maximum absolute atomic E-state index is 12.8. The number of carbonyl (C=O) groups excluding carboxylic acids is 1. The predicted octanol–water partition coefficient (Wildman–Crippen LogP) is 4.79. The molecule has 0 spiro atoms. The summed E-state index contributed by atoms with van der Waals surface area (Å²) in [6, 6.07) is 13.3. The van der Waals surface area contributed by atoms with Crippen molar-refractivity contribution in [2.75, 3.05) is 0 Å². The van der Waals surface area contributed by atoms with E-state index in [1.54, 1.807) is 6.20 Å². The minimum Gasteiger partial charge on any atom is -0.491 e. The average Bonchev–Trinajstić information content (AvgIpc) is 3.04. The van der Waals surface area contributed by atoms with Crippen LogP contribution in [0.3, 0.4) is 0 Å². The maximum Gasteiger partial charge on any atom is 0.263 e. The highest BCUT2D eigenvalue weighted by molar-refractivity contribution is 7.17. The van der Waals surface area contributed by atoms with E-state index in [1.807, 2.05) is 70.2 Å². The molecule has 1 amide bonds. The molecule has 1 atom stereocenters. The van der Waals surface area contributed by atoms with Gasteiger partial charge in [-0.3, -0.25) is 9.78 Å². The van der Waals surface area contributed by atoms with Gasteiger partial charge in [0.2, 0.25) is 0 Å². The molecule has 1 aromatic carbocycles. The Balaban J connectivity index is 1.75. The van der Waals surface area contributed by atoms with Crippen LogP contribution in [0, 0.1) is 6.92 Å². The van der Waals surface area contributed by atoms with Gasteiger partial charge in [-0.25, -0.2) is 4.98 Å². The number of aromatic nitrogens is 2. The Morgan fingerprint density at radius 3 is 2.67 bits per heavy atom. The van der Waals surface area contributed by atoms with Gasteiger partial charge in [-0.1, -0.05) is 18.2 Å². The fourth-order valence-corrected chi connectivity index (χ4v) is 3.63. The first-order valence-electron chi connectivity index (χ1n) is 8.90. The van der Waals surface area contributed by atoms with Crippen molar-refractivity contribution in [3.05, 3.63) is 64.8 Å². The zero-order valence-electron chi connectivity index (χ0n) is 15.9. The number of nitrogens with one attached hydrogen (secondary N) is 1. The summed E-state index contributed by atoms with van der Waals surface area (Å²) in [7, 11) is 0. The van der Waals surface area contributed by atoms with Gasteiger partial charge in [0.05, 0.1) is 23.5 Å². The Kier molecular flexibility index (Phi) is 5.86. The summed E-state index contributed by atoms with van der Waals surface area (Å²) in [6.07, 6.45) is 1.83. The Morgan fingerprint density at radius 1 is 1.15 bits per heavy atom. The zero-order valence-corrected chi connectivity index (χ0v) is 16.7. The van der Waals surface area contributed by atoms with E-state index in [0.717, 1.165) is 22.0 Å². The van der Waals surface area contributed by atoms with Crippen molar-refractivity contribution < 1.29 is 9.53 Å². The molecule has 2 heterocycles. The van der Waals surface area contributed by atoms with Crippen LogP contribution in [-0.2, 0) is 0 Å². The number of rotatable bonds is 6. The summed E-state index contributed by atoms with van der Waals surface area (Å²) < 4.78 is 5.74. The van der Waals surface area contributed by atoms with E-state index in [-0.39, 0.29) is 18.1 Å². The maximum atomic E-state index is 12.8. The topological polar surface area (TPSA) is 64.1 Å². The van der Waals surface area contributed by atoms with Crippen LogP contribution < -0.4 is 10.1 Å². The lowest BCUT2D eigenvalue weighted by molar-refractivity contribution is 0.0943. The van der Waals surface area contributed by atoms with Crippen molar-refractivity contribution in [3.63, 3.8) is 0 Å². The van der Waals surface area contributed by atoms with Crippen molar-refractivity contribution in [1.82, 2.24) is 15.3 Å². The Labute approximate surface area is 163 Å². The van der Waals surface area contributed by atoms with Crippen LogP contribution in [-0.4, -0.2) is 22.0 Å². The van der Waals surface area contributed by atoms with Crippen LogP contribution in [0.4, 0.5) is 0 Å². The van der Waals surface area contributed by atoms with Crippen LogP contribution >= 0.6 is 11.3 Å². The number of amides is 1. The molecule has 0 radical (unpaired) electrons. The van der Waals surface area contributed by atoms with Gasteiger partial charge in [0.15, 0.2) is 0 Å². The number of pyridine rings is 1. The Hall–Kier alpha value is -2.73. The van der Waals surface area contributed by atoms with Gasteiger partial charge in [0.25, 0.3) is 5.91 Å². The molecule has 6 heteroatoms. The van der Waals surface area contributed by atoms with Crippen LogP contribution in [0.1, 0.15) is 47.7 Å². The minimum absolute atomic E-state index is 0.106. The molecule has 0 bridgehead atoms. The molecule has 0 unspecified atom stereocenters. The van der Waals surface area contributed by atoms with Gasteiger partial charge in [0, 0.05) is 6.20 Å². The number of carbonyl (C=O) groups is 1. The van der Waals surface area contributed by atoms with Crippen molar-refractivity contribution in [3.8, 4) is 16.5 Å². The van der Waals surface area contributed by atoms with E-state index in [1.165, 1.54) is 11.3 Å². The first-order valence-corrected chi connectivity index (χ1v) is 9.72. The summed E-state index contributed by atoms with van der Waals surface area (Å²) in [5, 5.41) is 3.80. The fourth-order valence-electron chi connectivity index (χ4n) is 2.68. The molecular formula is C21H23N3O2S. The number of hydrogen-bond donors (Lipinski definition) is 1. The average molecular weight is 382 g/mol. The van der Waals surface area contributed by atoms with Crippen molar-refractivity contribution in [2.45, 2.75) is 39.8 Å². The van der Waals surface area contributed by atoms with Crippen LogP contribution in [0.2, 0.25) is 0 Å². The molecule has 5 nitrogen and oxygen atoms in total. The number of hydrogen-bond acceptors (Lipinski definition) is 5. The van der Waals surface area contributed by atoms with E-state index in [4.69, 9.17) is 4.74 Å². The molecule has 0 saturated carbocycles.